The number of carboxylic acid groups (broad SMARTS) is 1. The lowest BCUT2D eigenvalue weighted by Gasteiger charge is -2.22. The molecule has 1 heterocycles. The molecule has 1 N–H and O–H groups in total. The van der Waals surface area contributed by atoms with Crippen LogP contribution in [0.5, 0.6) is 0 Å². The lowest BCUT2D eigenvalue weighted by atomic mass is 10.0. The third-order valence-electron chi connectivity index (χ3n) is 3.30. The maximum atomic E-state index is 13.9. The molecule has 1 atom stereocenters. The standard InChI is InChI=1S/C13H13BrFNO3/c14-7-12(17)9-4-3-8(6-10(9)15)11-2-1-5-16(11)13(18)19/h3-4,6,11H,1-2,5,7H2,(H,18,19). The first-order valence-electron chi connectivity index (χ1n) is 5.92. The number of ketones is 1. The third-order valence-corrected chi connectivity index (χ3v) is 3.81. The molecule has 6 heteroatoms. The summed E-state index contributed by atoms with van der Waals surface area (Å²) in [4.78, 5) is 23.8. The first kappa shape index (κ1) is 14.0. The molecule has 0 aliphatic carbocycles. The Morgan fingerprint density at radius 2 is 2.21 bits per heavy atom. The van der Waals surface area contributed by atoms with E-state index in [0.29, 0.717) is 18.5 Å². The van der Waals surface area contributed by atoms with E-state index in [1.165, 1.54) is 17.0 Å². The molecule has 1 aliphatic rings. The van der Waals surface area contributed by atoms with Gasteiger partial charge in [-0.3, -0.25) is 4.79 Å². The lowest BCUT2D eigenvalue weighted by Crippen LogP contribution is -2.28. The molecule has 0 bridgehead atoms. The van der Waals surface area contributed by atoms with E-state index in [-0.39, 0.29) is 22.7 Å². The summed E-state index contributed by atoms with van der Waals surface area (Å²) in [6.07, 6.45) is 0.446. The molecule has 102 valence electrons. The summed E-state index contributed by atoms with van der Waals surface area (Å²) in [6, 6.07) is 4.00. The van der Waals surface area contributed by atoms with Gasteiger partial charge in [-0.25, -0.2) is 9.18 Å². The smallest absolute Gasteiger partial charge is 0.407 e. The molecule has 1 amide bonds. The number of halogens is 2. The number of amides is 1. The first-order chi connectivity index (χ1) is 9.04. The molecule has 4 nitrogen and oxygen atoms in total. The van der Waals surface area contributed by atoms with Crippen LogP contribution in [0, 0.1) is 5.82 Å². The normalized spacial score (nSPS) is 18.6. The van der Waals surface area contributed by atoms with Crippen LogP contribution in [0.3, 0.4) is 0 Å². The van der Waals surface area contributed by atoms with Gasteiger partial charge in [-0.05, 0) is 30.5 Å². The molecule has 1 aromatic rings. The molecule has 1 saturated heterocycles. The zero-order chi connectivity index (χ0) is 14.0. The lowest BCUT2D eigenvalue weighted by molar-refractivity contribution is 0.101. The van der Waals surface area contributed by atoms with Gasteiger partial charge in [-0.1, -0.05) is 22.0 Å². The molecule has 19 heavy (non-hydrogen) atoms. The number of hydrogen-bond acceptors (Lipinski definition) is 2. The number of rotatable bonds is 3. The number of likely N-dealkylation sites (tertiary alicyclic amines) is 1. The molecule has 0 saturated carbocycles. The van der Waals surface area contributed by atoms with Gasteiger partial charge in [0.25, 0.3) is 0 Å². The van der Waals surface area contributed by atoms with Crippen LogP contribution < -0.4 is 0 Å². The van der Waals surface area contributed by atoms with Crippen molar-refractivity contribution in [3.05, 3.63) is 35.1 Å². The highest BCUT2D eigenvalue weighted by Gasteiger charge is 2.30. The van der Waals surface area contributed by atoms with E-state index in [9.17, 15) is 14.0 Å². The second-order valence-electron chi connectivity index (χ2n) is 4.43. The van der Waals surface area contributed by atoms with E-state index in [0.717, 1.165) is 6.42 Å². The number of carbonyl (C=O) groups is 2. The Bertz CT molecular complexity index is 521. The summed E-state index contributed by atoms with van der Waals surface area (Å²) in [6.45, 7) is 0.462. The minimum Gasteiger partial charge on any atom is -0.465 e. The molecule has 1 aliphatic heterocycles. The highest BCUT2D eigenvalue weighted by atomic mass is 79.9. The van der Waals surface area contributed by atoms with Gasteiger partial charge in [0.05, 0.1) is 16.9 Å². The van der Waals surface area contributed by atoms with Crippen molar-refractivity contribution in [3.8, 4) is 0 Å². The summed E-state index contributed by atoms with van der Waals surface area (Å²) in [5, 5.41) is 9.13. The SMILES string of the molecule is O=C(CBr)c1ccc(C2CCCN2C(=O)O)cc1F. The fourth-order valence-electron chi connectivity index (χ4n) is 2.38. The summed E-state index contributed by atoms with van der Waals surface area (Å²) in [5.74, 6) is -0.926. The highest BCUT2D eigenvalue weighted by Crippen LogP contribution is 2.32. The van der Waals surface area contributed by atoms with Crippen molar-refractivity contribution in [2.75, 3.05) is 11.9 Å². The number of hydrogen-bond donors (Lipinski definition) is 1. The van der Waals surface area contributed by atoms with Crippen molar-refractivity contribution in [1.82, 2.24) is 4.90 Å². The van der Waals surface area contributed by atoms with Gasteiger partial charge >= 0.3 is 6.09 Å². The Kier molecular flexibility index (Phi) is 4.19. The average molecular weight is 330 g/mol. The van der Waals surface area contributed by atoms with Gasteiger partial charge in [0.1, 0.15) is 5.82 Å². The topological polar surface area (TPSA) is 57.6 Å². The van der Waals surface area contributed by atoms with Crippen LogP contribution in [-0.2, 0) is 0 Å². The second-order valence-corrected chi connectivity index (χ2v) is 4.99. The van der Waals surface area contributed by atoms with Crippen LogP contribution in [0.15, 0.2) is 18.2 Å². The van der Waals surface area contributed by atoms with Gasteiger partial charge in [0.2, 0.25) is 0 Å². The number of Topliss-reactive ketones (excluding diaryl/α,β-unsaturated/α-hetero) is 1. The van der Waals surface area contributed by atoms with Gasteiger partial charge < -0.3 is 10.0 Å². The minimum atomic E-state index is -0.997. The van der Waals surface area contributed by atoms with Crippen LogP contribution in [0.4, 0.5) is 9.18 Å². The van der Waals surface area contributed by atoms with E-state index >= 15 is 0 Å². The van der Waals surface area contributed by atoms with Crippen molar-refractivity contribution >= 4 is 27.8 Å². The Morgan fingerprint density at radius 1 is 1.47 bits per heavy atom. The molecular weight excluding hydrogens is 317 g/mol. The largest absolute Gasteiger partial charge is 0.465 e. The van der Waals surface area contributed by atoms with E-state index in [1.54, 1.807) is 6.07 Å². The second kappa shape index (κ2) is 5.69. The molecule has 0 aromatic heterocycles. The third kappa shape index (κ3) is 2.78. The van der Waals surface area contributed by atoms with Gasteiger partial charge in [-0.2, -0.15) is 0 Å². The van der Waals surface area contributed by atoms with Crippen LogP contribution >= 0.6 is 15.9 Å². The van der Waals surface area contributed by atoms with Gasteiger partial charge in [-0.15, -0.1) is 0 Å². The number of nitrogens with zero attached hydrogens (tertiary/aromatic N) is 1. The fraction of sp³-hybridized carbons (Fsp3) is 0.385. The Morgan fingerprint density at radius 3 is 2.79 bits per heavy atom. The predicted octanol–water partition coefficient (Wildman–Crippen LogP) is 3.22. The zero-order valence-electron chi connectivity index (χ0n) is 10.1. The average Bonchev–Trinajstić information content (AvgIpc) is 2.87. The molecule has 1 aromatic carbocycles. The molecular formula is C13H13BrFNO3. The number of carbonyl (C=O) groups excluding carboxylic acids is 1. The van der Waals surface area contributed by atoms with E-state index < -0.39 is 11.9 Å². The highest BCUT2D eigenvalue weighted by molar-refractivity contribution is 9.09. The predicted molar refractivity (Wildman–Crippen MR) is 71.2 cm³/mol. The Balaban J connectivity index is 2.29. The van der Waals surface area contributed by atoms with Crippen LogP contribution in [-0.4, -0.2) is 33.8 Å². The number of benzene rings is 1. The van der Waals surface area contributed by atoms with Crippen molar-refractivity contribution in [3.63, 3.8) is 0 Å². The molecule has 2 rings (SSSR count). The zero-order valence-corrected chi connectivity index (χ0v) is 11.7. The van der Waals surface area contributed by atoms with Crippen molar-refractivity contribution in [1.29, 1.82) is 0 Å². The Labute approximate surface area is 118 Å². The van der Waals surface area contributed by atoms with Gasteiger partial charge in [0, 0.05) is 6.54 Å². The summed E-state index contributed by atoms with van der Waals surface area (Å²) >= 11 is 3.00. The van der Waals surface area contributed by atoms with Gasteiger partial charge in [0.15, 0.2) is 5.78 Å². The monoisotopic (exact) mass is 329 g/mol. The molecule has 0 spiro atoms. The minimum absolute atomic E-state index is 0.0282. The van der Waals surface area contributed by atoms with Crippen molar-refractivity contribution in [2.45, 2.75) is 18.9 Å². The molecule has 1 unspecified atom stereocenters. The summed E-state index contributed by atoms with van der Waals surface area (Å²) < 4.78 is 13.9. The maximum absolute atomic E-state index is 13.9. The molecule has 1 fully saturated rings. The van der Waals surface area contributed by atoms with Crippen LogP contribution in [0.2, 0.25) is 0 Å². The van der Waals surface area contributed by atoms with E-state index in [2.05, 4.69) is 15.9 Å². The van der Waals surface area contributed by atoms with E-state index in [1.807, 2.05) is 0 Å². The number of alkyl halides is 1. The summed E-state index contributed by atoms with van der Waals surface area (Å²) in [7, 11) is 0. The fourth-order valence-corrected chi connectivity index (χ4v) is 2.68. The maximum Gasteiger partial charge on any atom is 0.407 e. The van der Waals surface area contributed by atoms with Crippen molar-refractivity contribution in [2.24, 2.45) is 0 Å². The first-order valence-corrected chi connectivity index (χ1v) is 7.05. The van der Waals surface area contributed by atoms with Crippen LogP contribution in [0.25, 0.3) is 0 Å². The van der Waals surface area contributed by atoms with Crippen molar-refractivity contribution < 1.29 is 19.1 Å². The molecule has 0 radical (unpaired) electrons. The Hall–Kier alpha value is -1.43. The summed E-state index contributed by atoms with van der Waals surface area (Å²) in [5.41, 5.74) is 0.629. The van der Waals surface area contributed by atoms with Crippen LogP contribution in [0.1, 0.15) is 34.8 Å². The quantitative estimate of drug-likeness (QED) is 0.684. The van der Waals surface area contributed by atoms with E-state index in [4.69, 9.17) is 5.11 Å².